The standard InChI is InChI=1S/C12H20N2O2/c1-3-9(4-2)11(13)7-14-12(15)10-5-6-16-8-10/h5-6,8-9,11H,3-4,7,13H2,1-2H3,(H,14,15). The average Bonchev–Trinajstić information content (AvgIpc) is 2.81. The summed E-state index contributed by atoms with van der Waals surface area (Å²) in [6.07, 6.45) is 4.99. The molecule has 4 nitrogen and oxygen atoms in total. The van der Waals surface area contributed by atoms with Gasteiger partial charge in [0.05, 0.1) is 11.8 Å². The molecule has 4 heteroatoms. The number of carbonyl (C=O) groups excluding carboxylic acids is 1. The third-order valence-electron chi connectivity index (χ3n) is 2.94. The minimum absolute atomic E-state index is 0.0193. The van der Waals surface area contributed by atoms with Crippen molar-refractivity contribution in [1.82, 2.24) is 5.32 Å². The predicted octanol–water partition coefficient (Wildman–Crippen LogP) is 1.77. The van der Waals surface area contributed by atoms with Crippen LogP contribution in [0.1, 0.15) is 37.0 Å². The fraction of sp³-hybridized carbons (Fsp3) is 0.583. The molecule has 0 bridgehead atoms. The molecule has 1 unspecified atom stereocenters. The zero-order valence-electron chi connectivity index (χ0n) is 9.90. The number of carbonyl (C=O) groups is 1. The van der Waals surface area contributed by atoms with Gasteiger partial charge in [0, 0.05) is 12.6 Å². The van der Waals surface area contributed by atoms with Crippen LogP contribution in [0.3, 0.4) is 0 Å². The summed E-state index contributed by atoms with van der Waals surface area (Å²) in [6, 6.07) is 1.66. The van der Waals surface area contributed by atoms with E-state index >= 15 is 0 Å². The average molecular weight is 224 g/mol. The molecule has 1 aromatic rings. The Morgan fingerprint density at radius 2 is 2.19 bits per heavy atom. The monoisotopic (exact) mass is 224 g/mol. The van der Waals surface area contributed by atoms with Crippen molar-refractivity contribution in [2.75, 3.05) is 6.54 Å². The van der Waals surface area contributed by atoms with Crippen molar-refractivity contribution in [2.45, 2.75) is 32.7 Å². The zero-order valence-corrected chi connectivity index (χ0v) is 9.90. The fourth-order valence-electron chi connectivity index (χ4n) is 1.77. The minimum Gasteiger partial charge on any atom is -0.472 e. The van der Waals surface area contributed by atoms with Crippen molar-refractivity contribution in [2.24, 2.45) is 11.7 Å². The van der Waals surface area contributed by atoms with E-state index in [0.717, 1.165) is 12.8 Å². The van der Waals surface area contributed by atoms with Crippen LogP contribution in [-0.4, -0.2) is 18.5 Å². The number of nitrogens with one attached hydrogen (secondary N) is 1. The Hall–Kier alpha value is -1.29. The molecule has 1 rings (SSSR count). The van der Waals surface area contributed by atoms with Gasteiger partial charge in [-0.1, -0.05) is 26.7 Å². The van der Waals surface area contributed by atoms with Gasteiger partial charge in [0.25, 0.3) is 5.91 Å². The lowest BCUT2D eigenvalue weighted by atomic mass is 9.95. The van der Waals surface area contributed by atoms with Crippen molar-refractivity contribution >= 4 is 5.91 Å². The molecule has 1 heterocycles. The highest BCUT2D eigenvalue weighted by Crippen LogP contribution is 2.10. The number of amides is 1. The Labute approximate surface area is 96.2 Å². The number of nitrogens with two attached hydrogens (primary N) is 1. The van der Waals surface area contributed by atoms with Gasteiger partial charge < -0.3 is 15.5 Å². The molecule has 3 N–H and O–H groups in total. The molecule has 1 atom stereocenters. The van der Waals surface area contributed by atoms with Gasteiger partial charge >= 0.3 is 0 Å². The molecule has 0 aromatic carbocycles. The SMILES string of the molecule is CCC(CC)C(N)CNC(=O)c1ccoc1. The maximum atomic E-state index is 11.6. The first kappa shape index (κ1) is 12.8. The molecule has 0 fully saturated rings. The fourth-order valence-corrected chi connectivity index (χ4v) is 1.77. The second-order valence-electron chi connectivity index (χ2n) is 3.96. The smallest absolute Gasteiger partial charge is 0.254 e. The Kier molecular flexibility index (Phi) is 5.05. The molecule has 0 aliphatic carbocycles. The van der Waals surface area contributed by atoms with Crippen LogP contribution < -0.4 is 11.1 Å². The van der Waals surface area contributed by atoms with Crippen LogP contribution in [0.25, 0.3) is 0 Å². The van der Waals surface area contributed by atoms with Crippen LogP contribution in [0.2, 0.25) is 0 Å². The van der Waals surface area contributed by atoms with Crippen LogP contribution >= 0.6 is 0 Å². The molecule has 0 spiro atoms. The summed E-state index contributed by atoms with van der Waals surface area (Å²) in [4.78, 5) is 11.6. The van der Waals surface area contributed by atoms with E-state index in [-0.39, 0.29) is 11.9 Å². The van der Waals surface area contributed by atoms with Crippen LogP contribution in [0.15, 0.2) is 23.0 Å². The number of furan rings is 1. The third-order valence-corrected chi connectivity index (χ3v) is 2.94. The van der Waals surface area contributed by atoms with Gasteiger partial charge in [-0.15, -0.1) is 0 Å². The zero-order chi connectivity index (χ0) is 12.0. The molecule has 1 amide bonds. The van der Waals surface area contributed by atoms with E-state index in [2.05, 4.69) is 19.2 Å². The highest BCUT2D eigenvalue weighted by atomic mass is 16.3. The Bertz CT molecular complexity index is 305. The summed E-state index contributed by atoms with van der Waals surface area (Å²) in [5.74, 6) is 0.333. The third kappa shape index (κ3) is 3.38. The summed E-state index contributed by atoms with van der Waals surface area (Å²) >= 11 is 0. The van der Waals surface area contributed by atoms with E-state index in [1.165, 1.54) is 12.5 Å². The summed E-state index contributed by atoms with van der Waals surface area (Å²) < 4.78 is 4.84. The Morgan fingerprint density at radius 1 is 1.50 bits per heavy atom. The molecular weight excluding hydrogens is 204 g/mol. The van der Waals surface area contributed by atoms with Gasteiger partial charge in [-0.05, 0) is 12.0 Å². The van der Waals surface area contributed by atoms with Gasteiger partial charge in [0.2, 0.25) is 0 Å². The van der Waals surface area contributed by atoms with Gasteiger partial charge in [-0.3, -0.25) is 4.79 Å². The molecule has 1 aromatic heterocycles. The van der Waals surface area contributed by atoms with Crippen molar-refractivity contribution < 1.29 is 9.21 Å². The maximum Gasteiger partial charge on any atom is 0.254 e. The quantitative estimate of drug-likeness (QED) is 0.773. The molecule has 0 saturated carbocycles. The van der Waals surface area contributed by atoms with E-state index in [1.807, 2.05) is 0 Å². The number of hydrogen-bond acceptors (Lipinski definition) is 3. The first-order chi connectivity index (χ1) is 7.69. The topological polar surface area (TPSA) is 68.3 Å². The molecule has 0 radical (unpaired) electrons. The van der Waals surface area contributed by atoms with E-state index in [0.29, 0.717) is 18.0 Å². The normalized spacial score (nSPS) is 12.8. The summed E-state index contributed by atoms with van der Waals surface area (Å²) in [6.45, 7) is 4.74. The predicted molar refractivity (Wildman–Crippen MR) is 63.1 cm³/mol. The molecular formula is C12H20N2O2. The highest BCUT2D eigenvalue weighted by Gasteiger charge is 2.15. The van der Waals surface area contributed by atoms with Gasteiger partial charge in [0.1, 0.15) is 6.26 Å². The summed E-state index contributed by atoms with van der Waals surface area (Å²) in [5, 5.41) is 2.81. The molecule has 0 aliphatic rings. The maximum absolute atomic E-state index is 11.6. The van der Waals surface area contributed by atoms with Gasteiger partial charge in [-0.25, -0.2) is 0 Å². The summed E-state index contributed by atoms with van der Waals surface area (Å²) in [5.41, 5.74) is 6.54. The lowest BCUT2D eigenvalue weighted by Gasteiger charge is -2.21. The lowest BCUT2D eigenvalue weighted by Crippen LogP contribution is -2.41. The van der Waals surface area contributed by atoms with E-state index < -0.39 is 0 Å². The second kappa shape index (κ2) is 6.33. The molecule has 90 valence electrons. The van der Waals surface area contributed by atoms with Crippen LogP contribution in [0.5, 0.6) is 0 Å². The van der Waals surface area contributed by atoms with Crippen molar-refractivity contribution in [1.29, 1.82) is 0 Å². The van der Waals surface area contributed by atoms with Gasteiger partial charge in [0.15, 0.2) is 0 Å². The second-order valence-corrected chi connectivity index (χ2v) is 3.96. The Morgan fingerprint density at radius 3 is 2.69 bits per heavy atom. The largest absolute Gasteiger partial charge is 0.472 e. The number of hydrogen-bond donors (Lipinski definition) is 2. The molecule has 16 heavy (non-hydrogen) atoms. The van der Waals surface area contributed by atoms with E-state index in [1.54, 1.807) is 6.07 Å². The van der Waals surface area contributed by atoms with Crippen LogP contribution in [0.4, 0.5) is 0 Å². The Balaban J connectivity index is 2.37. The van der Waals surface area contributed by atoms with Crippen molar-refractivity contribution in [3.05, 3.63) is 24.2 Å². The first-order valence-corrected chi connectivity index (χ1v) is 5.75. The lowest BCUT2D eigenvalue weighted by molar-refractivity contribution is 0.0947. The van der Waals surface area contributed by atoms with Crippen LogP contribution in [0, 0.1) is 5.92 Å². The first-order valence-electron chi connectivity index (χ1n) is 5.75. The minimum atomic E-state index is -0.129. The van der Waals surface area contributed by atoms with Crippen LogP contribution in [-0.2, 0) is 0 Å². The van der Waals surface area contributed by atoms with E-state index in [4.69, 9.17) is 10.2 Å². The molecule has 0 aliphatic heterocycles. The van der Waals surface area contributed by atoms with Crippen molar-refractivity contribution in [3.63, 3.8) is 0 Å². The highest BCUT2D eigenvalue weighted by molar-refractivity contribution is 5.93. The van der Waals surface area contributed by atoms with E-state index in [9.17, 15) is 4.79 Å². The summed E-state index contributed by atoms with van der Waals surface area (Å²) in [7, 11) is 0. The molecule has 0 saturated heterocycles. The van der Waals surface area contributed by atoms with Gasteiger partial charge in [-0.2, -0.15) is 0 Å². The number of rotatable bonds is 6. The van der Waals surface area contributed by atoms with Crippen molar-refractivity contribution in [3.8, 4) is 0 Å².